The van der Waals surface area contributed by atoms with Gasteiger partial charge in [-0.05, 0) is 17.5 Å². The number of carbonyl (C=O) groups is 1. The van der Waals surface area contributed by atoms with Gasteiger partial charge in [-0.15, -0.1) is 0 Å². The number of Topliss-reactive ketones (excluding diaryl/α,β-unsaturated/α-hetero) is 1. The second-order valence-corrected chi connectivity index (χ2v) is 6.89. The Balaban J connectivity index is 1.48. The van der Waals surface area contributed by atoms with Crippen LogP contribution < -0.4 is 5.43 Å². The van der Waals surface area contributed by atoms with E-state index in [1.807, 2.05) is 83.9 Å². The van der Waals surface area contributed by atoms with Crippen LogP contribution in [0.3, 0.4) is 0 Å². The Morgan fingerprint density at radius 2 is 1.46 bits per heavy atom. The molecule has 0 spiro atoms. The van der Waals surface area contributed by atoms with Gasteiger partial charge in [-0.25, -0.2) is 4.99 Å². The number of nitrogens with zero attached hydrogens (tertiary/aromatic N) is 2. The first-order chi connectivity index (χ1) is 13.8. The highest BCUT2D eigenvalue weighted by Crippen LogP contribution is 2.26. The predicted molar refractivity (Wildman–Crippen MR) is 112 cm³/mol. The minimum absolute atomic E-state index is 0.196. The van der Waals surface area contributed by atoms with Gasteiger partial charge in [0.2, 0.25) is 0 Å². The smallest absolute Gasteiger partial charge is 0.149 e. The summed E-state index contributed by atoms with van der Waals surface area (Å²) in [5, 5.41) is 1.94. The lowest BCUT2D eigenvalue weighted by atomic mass is 10.1. The molecule has 140 valence electrons. The number of aliphatic imine (C=N–C) groups is 1. The minimum atomic E-state index is -0.211. The van der Waals surface area contributed by atoms with E-state index in [1.165, 1.54) is 5.56 Å². The summed E-state index contributed by atoms with van der Waals surface area (Å²) in [5.74, 6) is 0.993. The molecule has 0 aliphatic carbocycles. The molecule has 3 aromatic carbocycles. The van der Waals surface area contributed by atoms with Crippen LogP contribution in [0, 0.1) is 0 Å². The summed E-state index contributed by atoms with van der Waals surface area (Å²) in [6, 6.07) is 30.2. The maximum Gasteiger partial charge on any atom is 0.149 e. The van der Waals surface area contributed by atoms with Gasteiger partial charge in [-0.2, -0.15) is 5.01 Å². The Bertz CT molecular complexity index is 939. The first kappa shape index (κ1) is 18.1. The van der Waals surface area contributed by atoms with Crippen molar-refractivity contribution >= 4 is 11.6 Å². The SMILES string of the molecule is O=C(CCc1ccccc1)CN1NC(c2ccccc2)=NC1c1ccccc1. The van der Waals surface area contributed by atoms with Crippen molar-refractivity contribution < 1.29 is 4.79 Å². The highest BCUT2D eigenvalue weighted by molar-refractivity contribution is 5.99. The van der Waals surface area contributed by atoms with E-state index in [9.17, 15) is 4.79 Å². The Kier molecular flexibility index (Phi) is 5.59. The molecule has 0 bridgehead atoms. The highest BCUT2D eigenvalue weighted by Gasteiger charge is 2.29. The molecule has 28 heavy (non-hydrogen) atoms. The third-order valence-corrected chi connectivity index (χ3v) is 4.82. The monoisotopic (exact) mass is 369 g/mol. The van der Waals surface area contributed by atoms with Crippen LogP contribution in [-0.2, 0) is 11.2 Å². The normalized spacial score (nSPS) is 16.4. The van der Waals surface area contributed by atoms with Gasteiger partial charge in [0.1, 0.15) is 17.8 Å². The molecule has 4 nitrogen and oxygen atoms in total. The molecular weight excluding hydrogens is 346 g/mol. The summed E-state index contributed by atoms with van der Waals surface area (Å²) < 4.78 is 0. The van der Waals surface area contributed by atoms with E-state index >= 15 is 0 Å². The van der Waals surface area contributed by atoms with Crippen LogP contribution in [0.5, 0.6) is 0 Å². The van der Waals surface area contributed by atoms with Crippen molar-refractivity contribution in [2.45, 2.75) is 19.0 Å². The van der Waals surface area contributed by atoms with E-state index in [4.69, 9.17) is 4.99 Å². The van der Waals surface area contributed by atoms with Gasteiger partial charge < -0.3 is 5.43 Å². The number of carbonyl (C=O) groups excluding carboxylic acids is 1. The van der Waals surface area contributed by atoms with Crippen LogP contribution in [0.2, 0.25) is 0 Å². The Hall–Kier alpha value is -3.24. The van der Waals surface area contributed by atoms with Gasteiger partial charge in [-0.3, -0.25) is 4.79 Å². The second-order valence-electron chi connectivity index (χ2n) is 6.89. The summed E-state index contributed by atoms with van der Waals surface area (Å²) in [5.41, 5.74) is 6.62. The van der Waals surface area contributed by atoms with E-state index < -0.39 is 0 Å². The Morgan fingerprint density at radius 1 is 0.857 bits per heavy atom. The Labute approximate surface area is 165 Å². The van der Waals surface area contributed by atoms with Crippen molar-refractivity contribution in [3.05, 3.63) is 108 Å². The summed E-state index contributed by atoms with van der Waals surface area (Å²) in [4.78, 5) is 17.5. The molecule has 0 aromatic heterocycles. The van der Waals surface area contributed by atoms with E-state index in [-0.39, 0.29) is 11.9 Å². The van der Waals surface area contributed by atoms with Crippen molar-refractivity contribution in [2.75, 3.05) is 6.54 Å². The molecule has 3 aromatic rings. The zero-order valence-corrected chi connectivity index (χ0v) is 15.7. The van der Waals surface area contributed by atoms with Crippen LogP contribution in [-0.4, -0.2) is 23.2 Å². The second kappa shape index (κ2) is 8.63. The number of hydrogen-bond donors (Lipinski definition) is 1. The average Bonchev–Trinajstić information content (AvgIpc) is 3.18. The fourth-order valence-electron chi connectivity index (χ4n) is 3.36. The molecule has 0 saturated carbocycles. The molecule has 1 N–H and O–H groups in total. The third kappa shape index (κ3) is 4.35. The van der Waals surface area contributed by atoms with Gasteiger partial charge >= 0.3 is 0 Å². The summed E-state index contributed by atoms with van der Waals surface area (Å²) in [7, 11) is 0. The number of ketones is 1. The molecule has 4 heteroatoms. The van der Waals surface area contributed by atoms with Gasteiger partial charge in [0.25, 0.3) is 0 Å². The molecule has 1 aliphatic rings. The van der Waals surface area contributed by atoms with E-state index in [0.29, 0.717) is 13.0 Å². The van der Waals surface area contributed by atoms with Crippen molar-refractivity contribution in [1.82, 2.24) is 10.4 Å². The zero-order chi connectivity index (χ0) is 19.2. The molecular formula is C24H23N3O. The van der Waals surface area contributed by atoms with Crippen molar-refractivity contribution in [3.63, 3.8) is 0 Å². The van der Waals surface area contributed by atoms with Crippen molar-refractivity contribution in [3.8, 4) is 0 Å². The lowest BCUT2D eigenvalue weighted by molar-refractivity contribution is -0.121. The fraction of sp³-hybridized carbons (Fsp3) is 0.167. The van der Waals surface area contributed by atoms with Crippen LogP contribution >= 0.6 is 0 Å². The van der Waals surface area contributed by atoms with Crippen LogP contribution in [0.25, 0.3) is 0 Å². The van der Waals surface area contributed by atoms with E-state index in [2.05, 4.69) is 17.6 Å². The van der Waals surface area contributed by atoms with Crippen LogP contribution in [0.15, 0.2) is 96.0 Å². The number of nitrogens with one attached hydrogen (secondary N) is 1. The molecule has 0 amide bonds. The largest absolute Gasteiger partial charge is 0.300 e. The number of aryl methyl sites for hydroxylation is 1. The van der Waals surface area contributed by atoms with E-state index in [0.717, 1.165) is 23.4 Å². The zero-order valence-electron chi connectivity index (χ0n) is 15.7. The van der Waals surface area contributed by atoms with Crippen molar-refractivity contribution in [1.29, 1.82) is 0 Å². The third-order valence-electron chi connectivity index (χ3n) is 4.82. The number of hydrogen-bond acceptors (Lipinski definition) is 4. The number of benzene rings is 3. The predicted octanol–water partition coefficient (Wildman–Crippen LogP) is 4.15. The average molecular weight is 369 g/mol. The molecule has 1 unspecified atom stereocenters. The number of hydrazine groups is 1. The first-order valence-electron chi connectivity index (χ1n) is 9.57. The van der Waals surface area contributed by atoms with Gasteiger partial charge in [0.05, 0.1) is 6.54 Å². The molecule has 1 aliphatic heterocycles. The molecule has 0 fully saturated rings. The minimum Gasteiger partial charge on any atom is -0.300 e. The summed E-state index contributed by atoms with van der Waals surface area (Å²) in [6.07, 6.45) is 1.07. The summed E-state index contributed by atoms with van der Waals surface area (Å²) >= 11 is 0. The standard InChI is InChI=1S/C24H23N3O/c28-22(17-16-19-10-4-1-5-11-19)18-27-24(21-14-8-3-9-15-21)25-23(26-27)20-12-6-2-7-13-20/h1-15,24H,16-18H2,(H,25,26). The molecule has 1 heterocycles. The molecule has 0 radical (unpaired) electrons. The van der Waals surface area contributed by atoms with E-state index in [1.54, 1.807) is 0 Å². The van der Waals surface area contributed by atoms with Gasteiger partial charge in [0, 0.05) is 12.0 Å². The first-order valence-corrected chi connectivity index (χ1v) is 9.57. The van der Waals surface area contributed by atoms with Gasteiger partial charge in [0.15, 0.2) is 0 Å². The molecule has 1 atom stereocenters. The fourth-order valence-corrected chi connectivity index (χ4v) is 3.36. The van der Waals surface area contributed by atoms with Crippen LogP contribution in [0.4, 0.5) is 0 Å². The molecule has 0 saturated heterocycles. The van der Waals surface area contributed by atoms with Gasteiger partial charge in [-0.1, -0.05) is 91.0 Å². The quantitative estimate of drug-likeness (QED) is 0.680. The maximum absolute atomic E-state index is 12.7. The topological polar surface area (TPSA) is 44.7 Å². The lowest BCUT2D eigenvalue weighted by Crippen LogP contribution is -2.41. The van der Waals surface area contributed by atoms with Crippen molar-refractivity contribution in [2.24, 2.45) is 4.99 Å². The summed E-state index contributed by atoms with van der Waals surface area (Å²) in [6.45, 7) is 0.312. The highest BCUT2D eigenvalue weighted by atomic mass is 16.1. The van der Waals surface area contributed by atoms with Crippen LogP contribution in [0.1, 0.15) is 29.3 Å². The maximum atomic E-state index is 12.7. The lowest BCUT2D eigenvalue weighted by Gasteiger charge is -2.22. The molecule has 4 rings (SSSR count). The number of amidine groups is 1. The number of rotatable bonds is 7. The Morgan fingerprint density at radius 3 is 2.14 bits per heavy atom.